The van der Waals surface area contributed by atoms with E-state index in [0.717, 1.165) is 6.42 Å². The molecular weight excluding hydrogens is 340 g/mol. The Morgan fingerprint density at radius 3 is 2.56 bits per heavy atom. The summed E-state index contributed by atoms with van der Waals surface area (Å²) >= 11 is 0. The van der Waals surface area contributed by atoms with E-state index >= 15 is 0 Å². The summed E-state index contributed by atoms with van der Waals surface area (Å²) in [6.07, 6.45) is 1.06. The fourth-order valence-corrected chi connectivity index (χ4v) is 3.26. The van der Waals surface area contributed by atoms with E-state index in [0.29, 0.717) is 24.6 Å². The Balaban J connectivity index is 1.59. The van der Waals surface area contributed by atoms with Crippen molar-refractivity contribution in [3.8, 4) is 5.75 Å². The van der Waals surface area contributed by atoms with Crippen molar-refractivity contribution in [3.05, 3.63) is 60.2 Å². The first-order valence-corrected chi connectivity index (χ1v) is 9.40. The van der Waals surface area contributed by atoms with Gasteiger partial charge < -0.3 is 15.0 Å². The normalized spacial score (nSPS) is 16.6. The molecular formula is C22H26N2O3. The predicted molar refractivity (Wildman–Crippen MR) is 106 cm³/mol. The summed E-state index contributed by atoms with van der Waals surface area (Å²) < 4.78 is 5.89. The molecule has 3 rings (SSSR count). The maximum atomic E-state index is 12.6. The smallest absolute Gasteiger partial charge is 0.229 e. The molecule has 0 saturated carbocycles. The fourth-order valence-electron chi connectivity index (χ4n) is 3.26. The molecule has 1 N–H and O–H groups in total. The van der Waals surface area contributed by atoms with Crippen LogP contribution >= 0.6 is 0 Å². The summed E-state index contributed by atoms with van der Waals surface area (Å²) in [5.74, 6) is 0.229. The number of nitrogens with zero attached hydrogens (tertiary/aromatic N) is 1. The number of nitrogens with one attached hydrogen (secondary N) is 1. The van der Waals surface area contributed by atoms with Crippen LogP contribution < -0.4 is 10.1 Å². The number of amides is 2. The lowest BCUT2D eigenvalue weighted by Gasteiger charge is -2.21. The Labute approximate surface area is 160 Å². The molecule has 0 aromatic heterocycles. The van der Waals surface area contributed by atoms with Gasteiger partial charge in [-0.15, -0.1) is 0 Å². The minimum absolute atomic E-state index is 0.0394. The average molecular weight is 366 g/mol. The topological polar surface area (TPSA) is 58.6 Å². The number of para-hydroxylation sites is 2. The van der Waals surface area contributed by atoms with Crippen molar-refractivity contribution in [2.24, 2.45) is 5.92 Å². The average Bonchev–Trinajstić information content (AvgIpc) is 3.06. The van der Waals surface area contributed by atoms with Crippen molar-refractivity contribution in [2.45, 2.75) is 32.7 Å². The summed E-state index contributed by atoms with van der Waals surface area (Å²) in [7, 11) is 0. The molecule has 2 aromatic carbocycles. The Morgan fingerprint density at radius 1 is 1.15 bits per heavy atom. The third kappa shape index (κ3) is 4.88. The highest BCUT2D eigenvalue weighted by Crippen LogP contribution is 2.27. The highest BCUT2D eigenvalue weighted by molar-refractivity contribution is 5.98. The van der Waals surface area contributed by atoms with Gasteiger partial charge in [-0.25, -0.2) is 0 Å². The Kier molecular flexibility index (Phi) is 6.12. The van der Waals surface area contributed by atoms with Crippen LogP contribution in [0.2, 0.25) is 0 Å². The molecule has 5 heteroatoms. The van der Waals surface area contributed by atoms with Crippen LogP contribution in [0.15, 0.2) is 54.6 Å². The van der Waals surface area contributed by atoms with E-state index < -0.39 is 0 Å². The van der Waals surface area contributed by atoms with Gasteiger partial charge in [0, 0.05) is 25.4 Å². The zero-order chi connectivity index (χ0) is 19.2. The van der Waals surface area contributed by atoms with Crippen LogP contribution in [0.3, 0.4) is 0 Å². The van der Waals surface area contributed by atoms with Crippen molar-refractivity contribution in [1.82, 2.24) is 4.90 Å². The minimum atomic E-state index is -0.322. The quantitative estimate of drug-likeness (QED) is 0.816. The highest BCUT2D eigenvalue weighted by atomic mass is 16.5. The number of likely N-dealkylation sites (tertiary alicyclic amines) is 1. The maximum Gasteiger partial charge on any atom is 0.229 e. The van der Waals surface area contributed by atoms with Crippen LogP contribution in [-0.2, 0) is 16.0 Å². The largest absolute Gasteiger partial charge is 0.491 e. The number of benzene rings is 2. The molecule has 1 heterocycles. The summed E-state index contributed by atoms with van der Waals surface area (Å²) in [5.41, 5.74) is 1.85. The molecule has 2 amide bonds. The van der Waals surface area contributed by atoms with E-state index in [4.69, 9.17) is 4.74 Å². The second-order valence-corrected chi connectivity index (χ2v) is 7.11. The van der Waals surface area contributed by atoms with Crippen molar-refractivity contribution < 1.29 is 14.3 Å². The lowest BCUT2D eigenvalue weighted by atomic mass is 10.1. The van der Waals surface area contributed by atoms with Crippen LogP contribution in [0.5, 0.6) is 5.75 Å². The number of carbonyl (C=O) groups excluding carboxylic acids is 2. The van der Waals surface area contributed by atoms with Crippen molar-refractivity contribution >= 4 is 17.5 Å². The van der Waals surface area contributed by atoms with Gasteiger partial charge in [0.2, 0.25) is 11.8 Å². The molecule has 0 spiro atoms. The third-order valence-corrected chi connectivity index (χ3v) is 4.79. The Morgan fingerprint density at radius 2 is 1.85 bits per heavy atom. The van der Waals surface area contributed by atoms with E-state index in [-0.39, 0.29) is 30.2 Å². The zero-order valence-corrected chi connectivity index (χ0v) is 15.9. The second kappa shape index (κ2) is 8.71. The van der Waals surface area contributed by atoms with Gasteiger partial charge in [-0.2, -0.15) is 0 Å². The molecule has 142 valence electrons. The zero-order valence-electron chi connectivity index (χ0n) is 15.9. The first-order valence-electron chi connectivity index (χ1n) is 9.40. The third-order valence-electron chi connectivity index (χ3n) is 4.79. The first kappa shape index (κ1) is 19.0. The first-order chi connectivity index (χ1) is 13.0. The van der Waals surface area contributed by atoms with Crippen molar-refractivity contribution in [3.63, 3.8) is 0 Å². The predicted octanol–water partition coefficient (Wildman–Crippen LogP) is 3.50. The summed E-state index contributed by atoms with van der Waals surface area (Å²) in [6.45, 7) is 4.93. The van der Waals surface area contributed by atoms with Gasteiger partial charge in [-0.05, 0) is 31.5 Å². The molecule has 0 aliphatic carbocycles. The Hall–Kier alpha value is -2.82. The maximum absolute atomic E-state index is 12.6. The molecule has 1 atom stereocenters. The van der Waals surface area contributed by atoms with Gasteiger partial charge in [-0.3, -0.25) is 9.59 Å². The van der Waals surface area contributed by atoms with Gasteiger partial charge in [-0.1, -0.05) is 42.5 Å². The van der Waals surface area contributed by atoms with Gasteiger partial charge in [0.1, 0.15) is 5.75 Å². The number of rotatable bonds is 7. The molecule has 1 aliphatic heterocycles. The van der Waals surface area contributed by atoms with E-state index in [1.54, 1.807) is 4.90 Å². The SMILES string of the molecule is CC(C)N1CC(C(=O)Nc2ccccc2OCCc2ccccc2)CC1=O. The van der Waals surface area contributed by atoms with Crippen LogP contribution in [0.4, 0.5) is 5.69 Å². The summed E-state index contributed by atoms with van der Waals surface area (Å²) in [5, 5.41) is 2.94. The summed E-state index contributed by atoms with van der Waals surface area (Å²) in [6, 6.07) is 17.7. The molecule has 0 bridgehead atoms. The molecule has 5 nitrogen and oxygen atoms in total. The lowest BCUT2D eigenvalue weighted by molar-refractivity contribution is -0.129. The molecule has 1 unspecified atom stereocenters. The van der Waals surface area contributed by atoms with Gasteiger partial charge in [0.15, 0.2) is 0 Å². The van der Waals surface area contributed by atoms with E-state index in [2.05, 4.69) is 17.4 Å². The minimum Gasteiger partial charge on any atom is -0.491 e. The fraction of sp³-hybridized carbons (Fsp3) is 0.364. The van der Waals surface area contributed by atoms with Gasteiger partial charge in [0.05, 0.1) is 18.2 Å². The van der Waals surface area contributed by atoms with E-state index in [1.807, 2.05) is 56.3 Å². The number of hydrogen-bond donors (Lipinski definition) is 1. The number of carbonyl (C=O) groups is 2. The highest BCUT2D eigenvalue weighted by Gasteiger charge is 2.35. The number of hydrogen-bond acceptors (Lipinski definition) is 3. The monoisotopic (exact) mass is 366 g/mol. The standard InChI is InChI=1S/C22H26N2O3/c1-16(2)24-15-18(14-21(24)25)22(26)23-19-10-6-7-11-20(19)27-13-12-17-8-4-3-5-9-17/h3-11,16,18H,12-15H2,1-2H3,(H,23,26). The molecule has 1 fully saturated rings. The molecule has 27 heavy (non-hydrogen) atoms. The Bertz CT molecular complexity index is 789. The lowest BCUT2D eigenvalue weighted by Crippen LogP contribution is -2.33. The van der Waals surface area contributed by atoms with Crippen molar-refractivity contribution in [1.29, 1.82) is 0 Å². The van der Waals surface area contributed by atoms with Crippen LogP contribution in [0.1, 0.15) is 25.8 Å². The molecule has 2 aromatic rings. The van der Waals surface area contributed by atoms with Crippen LogP contribution in [0, 0.1) is 5.92 Å². The van der Waals surface area contributed by atoms with Crippen molar-refractivity contribution in [2.75, 3.05) is 18.5 Å². The molecule has 1 saturated heterocycles. The van der Waals surface area contributed by atoms with E-state index in [1.165, 1.54) is 5.56 Å². The van der Waals surface area contributed by atoms with Crippen LogP contribution in [-0.4, -0.2) is 35.9 Å². The summed E-state index contributed by atoms with van der Waals surface area (Å²) in [4.78, 5) is 26.4. The van der Waals surface area contributed by atoms with Gasteiger partial charge >= 0.3 is 0 Å². The van der Waals surface area contributed by atoms with Gasteiger partial charge in [0.25, 0.3) is 0 Å². The van der Waals surface area contributed by atoms with E-state index in [9.17, 15) is 9.59 Å². The number of ether oxygens (including phenoxy) is 1. The molecule has 0 radical (unpaired) electrons. The van der Waals surface area contributed by atoms with Crippen LogP contribution in [0.25, 0.3) is 0 Å². The molecule has 1 aliphatic rings. The second-order valence-electron chi connectivity index (χ2n) is 7.11. The number of anilines is 1.